The lowest BCUT2D eigenvalue weighted by Gasteiger charge is -2.01. The van der Waals surface area contributed by atoms with E-state index in [-0.39, 0.29) is 5.82 Å². The lowest BCUT2D eigenvalue weighted by molar-refractivity contribution is 0.611. The third-order valence-electron chi connectivity index (χ3n) is 2.47. The summed E-state index contributed by atoms with van der Waals surface area (Å²) < 4.78 is 18.7. The number of halogens is 1. The first kappa shape index (κ1) is 8.96. The van der Waals surface area contributed by atoms with Crippen molar-refractivity contribution in [3.05, 3.63) is 36.5 Å². The average molecular weight is 217 g/mol. The van der Waals surface area contributed by atoms with Gasteiger partial charge >= 0.3 is 0 Å². The summed E-state index contributed by atoms with van der Waals surface area (Å²) in [5.41, 5.74) is 7.55. The Morgan fingerprint density at radius 2 is 2.19 bits per heavy atom. The number of aromatic amines is 1. The van der Waals surface area contributed by atoms with Crippen LogP contribution in [0.5, 0.6) is 0 Å². The predicted molar refractivity (Wildman–Crippen MR) is 58.2 cm³/mol. The lowest BCUT2D eigenvalue weighted by atomic mass is 10.1. The van der Waals surface area contributed by atoms with Gasteiger partial charge in [0.2, 0.25) is 0 Å². The first-order valence-corrected chi connectivity index (χ1v) is 4.71. The molecule has 16 heavy (non-hydrogen) atoms. The molecule has 3 rings (SSSR count). The molecule has 4 nitrogen and oxygen atoms in total. The van der Waals surface area contributed by atoms with E-state index in [4.69, 9.17) is 10.2 Å². The topological polar surface area (TPSA) is 67.8 Å². The summed E-state index contributed by atoms with van der Waals surface area (Å²) in [6.45, 7) is 0. The maximum atomic E-state index is 13.4. The quantitative estimate of drug-likeness (QED) is 0.658. The van der Waals surface area contributed by atoms with Gasteiger partial charge in [-0.15, -0.1) is 0 Å². The first-order valence-electron chi connectivity index (χ1n) is 4.71. The fraction of sp³-hybridized carbons (Fsp3) is 0. The summed E-state index contributed by atoms with van der Waals surface area (Å²) in [6.07, 6.45) is 3.07. The van der Waals surface area contributed by atoms with Crippen LogP contribution in [-0.4, -0.2) is 10.2 Å². The van der Waals surface area contributed by atoms with Crippen molar-refractivity contribution in [2.75, 3.05) is 5.73 Å². The van der Waals surface area contributed by atoms with Crippen molar-refractivity contribution >= 4 is 16.8 Å². The molecule has 0 saturated heterocycles. The molecule has 0 fully saturated rings. The smallest absolute Gasteiger partial charge is 0.142 e. The number of nitrogens with one attached hydrogen (secondary N) is 1. The van der Waals surface area contributed by atoms with E-state index in [0.29, 0.717) is 27.9 Å². The van der Waals surface area contributed by atoms with E-state index < -0.39 is 0 Å². The minimum absolute atomic E-state index is 0.329. The molecule has 0 atom stereocenters. The van der Waals surface area contributed by atoms with Crippen molar-refractivity contribution in [2.24, 2.45) is 0 Å². The minimum atomic E-state index is -0.329. The second-order valence-corrected chi connectivity index (χ2v) is 3.49. The van der Waals surface area contributed by atoms with Crippen molar-refractivity contribution in [1.82, 2.24) is 10.2 Å². The summed E-state index contributed by atoms with van der Waals surface area (Å²) in [4.78, 5) is 0. The van der Waals surface area contributed by atoms with Crippen LogP contribution >= 0.6 is 0 Å². The molecule has 5 heteroatoms. The second kappa shape index (κ2) is 3.10. The van der Waals surface area contributed by atoms with Crippen molar-refractivity contribution < 1.29 is 8.81 Å². The second-order valence-electron chi connectivity index (χ2n) is 3.49. The monoisotopic (exact) mass is 217 g/mol. The SMILES string of the molecule is Nc1[nH]ncc1-c1cc(F)cc2ccoc12. The fourth-order valence-electron chi connectivity index (χ4n) is 1.76. The largest absolute Gasteiger partial charge is 0.464 e. The van der Waals surface area contributed by atoms with Gasteiger partial charge in [-0.05, 0) is 18.2 Å². The number of rotatable bonds is 1. The van der Waals surface area contributed by atoms with Crippen molar-refractivity contribution in [2.45, 2.75) is 0 Å². The van der Waals surface area contributed by atoms with Crippen LogP contribution in [0.4, 0.5) is 10.2 Å². The molecule has 0 unspecified atom stereocenters. The van der Waals surface area contributed by atoms with Gasteiger partial charge < -0.3 is 10.2 Å². The van der Waals surface area contributed by atoms with Gasteiger partial charge in [0.25, 0.3) is 0 Å². The van der Waals surface area contributed by atoms with Gasteiger partial charge in [-0.3, -0.25) is 5.10 Å². The van der Waals surface area contributed by atoms with E-state index in [1.54, 1.807) is 12.3 Å². The van der Waals surface area contributed by atoms with Gasteiger partial charge in [0.05, 0.1) is 12.5 Å². The van der Waals surface area contributed by atoms with Crippen LogP contribution in [0.15, 0.2) is 35.1 Å². The first-order chi connectivity index (χ1) is 7.75. The third kappa shape index (κ3) is 1.18. The summed E-state index contributed by atoms with van der Waals surface area (Å²) in [5, 5.41) is 7.12. The number of hydrogen-bond acceptors (Lipinski definition) is 3. The number of nitrogens with zero attached hydrogens (tertiary/aromatic N) is 1. The van der Waals surface area contributed by atoms with Gasteiger partial charge in [-0.25, -0.2) is 4.39 Å². The van der Waals surface area contributed by atoms with E-state index in [1.807, 2.05) is 0 Å². The zero-order valence-electron chi connectivity index (χ0n) is 8.20. The Morgan fingerprint density at radius 3 is 2.94 bits per heavy atom. The summed E-state index contributed by atoms with van der Waals surface area (Å²) in [5.74, 6) is 0.0628. The molecule has 3 aromatic rings. The molecule has 0 aliphatic carbocycles. The highest BCUT2D eigenvalue weighted by Crippen LogP contribution is 2.32. The maximum absolute atomic E-state index is 13.4. The molecular weight excluding hydrogens is 209 g/mol. The zero-order valence-corrected chi connectivity index (χ0v) is 8.20. The molecule has 0 aliphatic rings. The standard InChI is InChI=1S/C11H8FN3O/c12-7-3-6-1-2-16-10(6)8(4-7)9-5-14-15-11(9)13/h1-5H,(H3,13,14,15). The number of fused-ring (bicyclic) bond motifs is 1. The highest BCUT2D eigenvalue weighted by molar-refractivity contribution is 5.94. The van der Waals surface area contributed by atoms with Crippen LogP contribution < -0.4 is 5.73 Å². The molecule has 0 amide bonds. The number of H-pyrrole nitrogens is 1. The number of hydrogen-bond donors (Lipinski definition) is 2. The number of aromatic nitrogens is 2. The van der Waals surface area contributed by atoms with Crippen LogP contribution in [0.2, 0.25) is 0 Å². The summed E-state index contributed by atoms with van der Waals surface area (Å²) >= 11 is 0. The van der Waals surface area contributed by atoms with E-state index in [9.17, 15) is 4.39 Å². The van der Waals surface area contributed by atoms with Crippen LogP contribution in [0.3, 0.4) is 0 Å². The van der Waals surface area contributed by atoms with Crippen LogP contribution in [0.25, 0.3) is 22.1 Å². The molecule has 3 N–H and O–H groups in total. The summed E-state index contributed by atoms with van der Waals surface area (Å²) in [7, 11) is 0. The molecule has 0 radical (unpaired) electrons. The fourth-order valence-corrected chi connectivity index (χ4v) is 1.76. The number of benzene rings is 1. The molecule has 1 aromatic carbocycles. The number of nitrogens with two attached hydrogens (primary N) is 1. The highest BCUT2D eigenvalue weighted by Gasteiger charge is 2.12. The molecule has 2 heterocycles. The Balaban J connectivity index is 2.38. The van der Waals surface area contributed by atoms with Crippen molar-refractivity contribution in [1.29, 1.82) is 0 Å². The van der Waals surface area contributed by atoms with Crippen LogP contribution in [-0.2, 0) is 0 Å². The van der Waals surface area contributed by atoms with E-state index in [2.05, 4.69) is 10.2 Å². The molecule has 0 saturated carbocycles. The molecule has 0 spiro atoms. The molecule has 2 aromatic heterocycles. The minimum Gasteiger partial charge on any atom is -0.464 e. The van der Waals surface area contributed by atoms with E-state index >= 15 is 0 Å². The van der Waals surface area contributed by atoms with E-state index in [0.717, 1.165) is 0 Å². The Bertz CT molecular complexity index is 656. The predicted octanol–water partition coefficient (Wildman–Crippen LogP) is 2.54. The lowest BCUT2D eigenvalue weighted by Crippen LogP contribution is -1.88. The van der Waals surface area contributed by atoms with E-state index in [1.165, 1.54) is 18.4 Å². The normalized spacial score (nSPS) is 11.1. The highest BCUT2D eigenvalue weighted by atomic mass is 19.1. The van der Waals surface area contributed by atoms with Crippen molar-refractivity contribution in [3.63, 3.8) is 0 Å². The molecular formula is C11H8FN3O. The number of anilines is 1. The molecule has 80 valence electrons. The van der Waals surface area contributed by atoms with Crippen LogP contribution in [0.1, 0.15) is 0 Å². The third-order valence-corrected chi connectivity index (χ3v) is 2.47. The number of furan rings is 1. The van der Waals surface area contributed by atoms with Gasteiger partial charge in [-0.2, -0.15) is 5.10 Å². The average Bonchev–Trinajstić information content (AvgIpc) is 2.84. The summed E-state index contributed by atoms with van der Waals surface area (Å²) in [6, 6.07) is 4.50. The van der Waals surface area contributed by atoms with Crippen LogP contribution in [0, 0.1) is 5.82 Å². The van der Waals surface area contributed by atoms with Gasteiger partial charge in [0.1, 0.15) is 17.2 Å². The Morgan fingerprint density at radius 1 is 1.31 bits per heavy atom. The van der Waals surface area contributed by atoms with Gasteiger partial charge in [-0.1, -0.05) is 0 Å². The Hall–Kier alpha value is -2.30. The molecule has 0 bridgehead atoms. The van der Waals surface area contributed by atoms with Crippen molar-refractivity contribution in [3.8, 4) is 11.1 Å². The Kier molecular flexibility index (Phi) is 1.73. The van der Waals surface area contributed by atoms with Gasteiger partial charge in [0, 0.05) is 16.5 Å². The maximum Gasteiger partial charge on any atom is 0.142 e. The number of nitrogen functional groups attached to an aromatic ring is 1. The molecule has 0 aliphatic heterocycles. The zero-order chi connectivity index (χ0) is 11.1. The Labute approximate surface area is 89.9 Å². The van der Waals surface area contributed by atoms with Gasteiger partial charge in [0.15, 0.2) is 0 Å².